The molecule has 1 rings (SSSR count). The largest absolute Gasteiger partial charge is 0.303 e. The van der Waals surface area contributed by atoms with Gasteiger partial charge in [0.2, 0.25) is 0 Å². The van der Waals surface area contributed by atoms with Gasteiger partial charge in [0.15, 0.2) is 0 Å². The van der Waals surface area contributed by atoms with Crippen LogP contribution in [0.4, 0.5) is 4.39 Å². The molecule has 0 saturated heterocycles. The maximum atomic E-state index is 11.9. The first-order valence-corrected chi connectivity index (χ1v) is 4.76. The molecule has 1 aromatic rings. The van der Waals surface area contributed by atoms with Crippen LogP contribution in [-0.2, 0) is 5.54 Å². The Bertz CT molecular complexity index is 221. The molecular formula is C8H13FN2S. The summed E-state index contributed by atoms with van der Waals surface area (Å²) in [4.78, 5) is 4.17. The Morgan fingerprint density at radius 1 is 1.67 bits per heavy atom. The molecule has 0 fully saturated rings. The maximum Gasteiger partial charge on any atom is 0.112 e. The minimum Gasteiger partial charge on any atom is -0.303 e. The Morgan fingerprint density at radius 3 is 2.92 bits per heavy atom. The van der Waals surface area contributed by atoms with Crippen LogP contribution in [0.25, 0.3) is 0 Å². The lowest BCUT2D eigenvalue weighted by molar-refractivity contribution is 0.364. The van der Waals surface area contributed by atoms with Crippen molar-refractivity contribution in [3.05, 3.63) is 16.6 Å². The van der Waals surface area contributed by atoms with Crippen LogP contribution >= 0.6 is 11.3 Å². The molecule has 1 N–H and O–H groups in total. The van der Waals surface area contributed by atoms with E-state index in [4.69, 9.17) is 0 Å². The molecule has 12 heavy (non-hydrogen) atoms. The molecule has 0 spiro atoms. The fourth-order valence-corrected chi connectivity index (χ4v) is 1.71. The van der Waals surface area contributed by atoms with Crippen molar-refractivity contribution in [1.82, 2.24) is 10.3 Å². The third-order valence-electron chi connectivity index (χ3n) is 1.63. The van der Waals surface area contributed by atoms with Gasteiger partial charge >= 0.3 is 0 Å². The zero-order chi connectivity index (χ0) is 9.03. The van der Waals surface area contributed by atoms with Gasteiger partial charge in [-0.05, 0) is 13.8 Å². The van der Waals surface area contributed by atoms with Gasteiger partial charge in [-0.25, -0.2) is 9.37 Å². The summed E-state index contributed by atoms with van der Waals surface area (Å²) in [5.74, 6) is 0. The number of hydrogen-bond donors (Lipinski definition) is 1. The summed E-state index contributed by atoms with van der Waals surface area (Å²) in [6, 6.07) is 0. The summed E-state index contributed by atoms with van der Waals surface area (Å²) >= 11 is 1.58. The predicted octanol–water partition coefficient (Wildman–Crippen LogP) is 1.94. The Balaban J connectivity index is 2.59. The number of halogens is 1. The second-order valence-electron chi connectivity index (χ2n) is 3.08. The molecule has 0 unspecified atom stereocenters. The Labute approximate surface area is 75.8 Å². The van der Waals surface area contributed by atoms with Crippen LogP contribution in [0.5, 0.6) is 0 Å². The zero-order valence-electron chi connectivity index (χ0n) is 7.30. The average molecular weight is 188 g/mol. The van der Waals surface area contributed by atoms with E-state index in [1.165, 1.54) is 0 Å². The number of nitrogens with one attached hydrogen (secondary N) is 1. The molecule has 0 atom stereocenters. The summed E-state index contributed by atoms with van der Waals surface area (Å²) in [6.07, 6.45) is 1.76. The van der Waals surface area contributed by atoms with Crippen LogP contribution in [0.3, 0.4) is 0 Å². The highest BCUT2D eigenvalue weighted by Gasteiger charge is 2.21. The number of rotatable bonds is 4. The van der Waals surface area contributed by atoms with Crippen molar-refractivity contribution in [3.8, 4) is 0 Å². The first-order chi connectivity index (χ1) is 5.67. The number of alkyl halides is 1. The fourth-order valence-electron chi connectivity index (χ4n) is 0.967. The highest BCUT2D eigenvalue weighted by molar-refractivity contribution is 7.09. The summed E-state index contributed by atoms with van der Waals surface area (Å²) in [5.41, 5.74) is -0.208. The first-order valence-electron chi connectivity index (χ1n) is 3.88. The van der Waals surface area contributed by atoms with E-state index in [9.17, 15) is 4.39 Å². The lowest BCUT2D eigenvalue weighted by Gasteiger charge is -2.22. The van der Waals surface area contributed by atoms with E-state index in [0.717, 1.165) is 5.01 Å². The molecule has 1 aromatic heterocycles. The lowest BCUT2D eigenvalue weighted by Crippen LogP contribution is -2.37. The topological polar surface area (TPSA) is 24.9 Å². The number of nitrogens with zero attached hydrogens (tertiary/aromatic N) is 1. The van der Waals surface area contributed by atoms with Gasteiger partial charge in [0.1, 0.15) is 11.7 Å². The average Bonchev–Trinajstić information content (AvgIpc) is 2.53. The molecule has 0 aliphatic carbocycles. The van der Waals surface area contributed by atoms with Crippen molar-refractivity contribution in [1.29, 1.82) is 0 Å². The van der Waals surface area contributed by atoms with E-state index in [-0.39, 0.29) is 12.2 Å². The molecule has 4 heteroatoms. The summed E-state index contributed by atoms with van der Waals surface area (Å²) in [7, 11) is 0. The number of hydrogen-bond acceptors (Lipinski definition) is 3. The molecule has 2 nitrogen and oxygen atoms in total. The molecule has 1 heterocycles. The second-order valence-corrected chi connectivity index (χ2v) is 3.97. The number of thiazole rings is 1. The van der Waals surface area contributed by atoms with Crippen LogP contribution < -0.4 is 5.32 Å². The Morgan fingerprint density at radius 2 is 2.42 bits per heavy atom. The van der Waals surface area contributed by atoms with Gasteiger partial charge in [-0.3, -0.25) is 0 Å². The molecule has 0 aliphatic heterocycles. The third kappa shape index (κ3) is 2.25. The standard InChI is InChI=1S/C8H13FN2S/c1-8(2,11-4-3-9)7-10-5-6-12-7/h5-6,11H,3-4H2,1-2H3. The minimum atomic E-state index is -0.338. The third-order valence-corrected chi connectivity index (χ3v) is 2.73. The van der Waals surface area contributed by atoms with Gasteiger partial charge < -0.3 is 5.32 Å². The van der Waals surface area contributed by atoms with Crippen molar-refractivity contribution in [3.63, 3.8) is 0 Å². The number of aromatic nitrogens is 1. The van der Waals surface area contributed by atoms with Crippen molar-refractivity contribution >= 4 is 11.3 Å². The summed E-state index contributed by atoms with van der Waals surface area (Å²) < 4.78 is 11.9. The monoisotopic (exact) mass is 188 g/mol. The Kier molecular flexibility index (Phi) is 3.17. The quantitative estimate of drug-likeness (QED) is 0.781. The summed E-state index contributed by atoms with van der Waals surface area (Å²) in [6.45, 7) is 4.05. The van der Waals surface area contributed by atoms with Gasteiger partial charge in [-0.15, -0.1) is 11.3 Å². The normalized spacial score (nSPS) is 11.9. The van der Waals surface area contributed by atoms with E-state index in [1.807, 2.05) is 19.2 Å². The van der Waals surface area contributed by atoms with Crippen molar-refractivity contribution in [2.24, 2.45) is 0 Å². The van der Waals surface area contributed by atoms with Crippen molar-refractivity contribution in [2.75, 3.05) is 13.2 Å². The van der Waals surface area contributed by atoms with E-state index in [2.05, 4.69) is 10.3 Å². The van der Waals surface area contributed by atoms with E-state index in [0.29, 0.717) is 6.54 Å². The molecule has 0 bridgehead atoms. The van der Waals surface area contributed by atoms with E-state index >= 15 is 0 Å². The van der Waals surface area contributed by atoms with E-state index < -0.39 is 0 Å². The fraction of sp³-hybridized carbons (Fsp3) is 0.625. The zero-order valence-corrected chi connectivity index (χ0v) is 8.12. The highest BCUT2D eigenvalue weighted by atomic mass is 32.1. The lowest BCUT2D eigenvalue weighted by atomic mass is 10.1. The van der Waals surface area contributed by atoms with Crippen LogP contribution in [-0.4, -0.2) is 18.2 Å². The molecule has 0 saturated carbocycles. The first kappa shape index (κ1) is 9.61. The molecule has 0 aliphatic rings. The van der Waals surface area contributed by atoms with Crippen molar-refractivity contribution < 1.29 is 4.39 Å². The highest BCUT2D eigenvalue weighted by Crippen LogP contribution is 2.21. The molecule has 0 radical (unpaired) electrons. The van der Waals surface area contributed by atoms with Crippen LogP contribution in [0.2, 0.25) is 0 Å². The molecule has 68 valence electrons. The maximum absolute atomic E-state index is 11.9. The van der Waals surface area contributed by atoms with Crippen LogP contribution in [0, 0.1) is 0 Å². The van der Waals surface area contributed by atoms with Crippen molar-refractivity contribution in [2.45, 2.75) is 19.4 Å². The smallest absolute Gasteiger partial charge is 0.112 e. The van der Waals surface area contributed by atoms with Crippen LogP contribution in [0.15, 0.2) is 11.6 Å². The van der Waals surface area contributed by atoms with E-state index in [1.54, 1.807) is 17.5 Å². The molecule has 0 aromatic carbocycles. The van der Waals surface area contributed by atoms with Gasteiger partial charge in [-0.2, -0.15) is 0 Å². The molecule has 0 amide bonds. The minimum absolute atomic E-state index is 0.208. The van der Waals surface area contributed by atoms with Gasteiger partial charge in [0.05, 0.1) is 5.54 Å². The summed E-state index contributed by atoms with van der Waals surface area (Å²) in [5, 5.41) is 6.01. The van der Waals surface area contributed by atoms with Gasteiger partial charge in [-0.1, -0.05) is 0 Å². The second kappa shape index (κ2) is 3.96. The van der Waals surface area contributed by atoms with Gasteiger partial charge in [0, 0.05) is 18.1 Å². The van der Waals surface area contributed by atoms with Gasteiger partial charge in [0.25, 0.3) is 0 Å². The Hall–Kier alpha value is -0.480. The predicted molar refractivity (Wildman–Crippen MR) is 49.1 cm³/mol. The van der Waals surface area contributed by atoms with Crippen LogP contribution in [0.1, 0.15) is 18.9 Å². The SMILES string of the molecule is CC(C)(NCCF)c1nccs1. The molecular weight excluding hydrogens is 175 g/mol.